The number of hydrogen-bond acceptors (Lipinski definition) is 5. The molecule has 0 bridgehead atoms. The Labute approximate surface area is 161 Å². The lowest BCUT2D eigenvalue weighted by atomic mass is 10.0. The number of carbonyl (C=O) groups excluding carboxylic acids is 1. The molecule has 0 saturated carbocycles. The molecule has 0 unspecified atom stereocenters. The lowest BCUT2D eigenvalue weighted by Crippen LogP contribution is -2.35. The molecule has 1 saturated heterocycles. The molecule has 4 rings (SSSR count). The van der Waals surface area contributed by atoms with E-state index < -0.39 is 0 Å². The summed E-state index contributed by atoms with van der Waals surface area (Å²) >= 11 is 1.44. The third kappa shape index (κ3) is 3.23. The third-order valence-electron chi connectivity index (χ3n) is 4.84. The van der Waals surface area contributed by atoms with Crippen molar-refractivity contribution < 1.29 is 9.53 Å². The van der Waals surface area contributed by atoms with E-state index in [1.807, 2.05) is 38.1 Å². The number of nitrogens with zero attached hydrogens (tertiary/aromatic N) is 3. The van der Waals surface area contributed by atoms with E-state index >= 15 is 0 Å². The first-order valence-corrected chi connectivity index (χ1v) is 9.91. The number of amides is 1. The molecule has 1 aromatic carbocycles. The first kappa shape index (κ1) is 17.7. The van der Waals surface area contributed by atoms with Gasteiger partial charge in [-0.05, 0) is 44.4 Å². The Morgan fingerprint density at radius 1 is 1.33 bits per heavy atom. The molecule has 7 heteroatoms. The van der Waals surface area contributed by atoms with Crippen molar-refractivity contribution in [1.29, 1.82) is 0 Å². The molecule has 1 fully saturated rings. The first-order chi connectivity index (χ1) is 13.1. The summed E-state index contributed by atoms with van der Waals surface area (Å²) in [5.74, 6) is 0.569. The summed E-state index contributed by atoms with van der Waals surface area (Å²) < 4.78 is 6.96. The second-order valence-electron chi connectivity index (χ2n) is 6.63. The van der Waals surface area contributed by atoms with Crippen LogP contribution in [0.2, 0.25) is 0 Å². The van der Waals surface area contributed by atoms with Crippen LogP contribution in [0.3, 0.4) is 0 Å². The topological polar surface area (TPSA) is 63.9 Å². The molecule has 1 aliphatic heterocycles. The maximum absolute atomic E-state index is 13.1. The van der Waals surface area contributed by atoms with Crippen LogP contribution in [-0.4, -0.2) is 33.3 Å². The van der Waals surface area contributed by atoms with E-state index in [2.05, 4.69) is 4.98 Å². The second kappa shape index (κ2) is 7.15. The fourth-order valence-electron chi connectivity index (χ4n) is 3.61. The highest BCUT2D eigenvalue weighted by atomic mass is 32.1. The molecule has 1 aliphatic rings. The van der Waals surface area contributed by atoms with Crippen LogP contribution in [0, 0.1) is 6.92 Å². The Morgan fingerprint density at radius 2 is 2.11 bits per heavy atom. The minimum absolute atomic E-state index is 0.0301. The van der Waals surface area contributed by atoms with Crippen molar-refractivity contribution >= 4 is 22.2 Å². The SMILES string of the molecule is CCOc1ccc([C@@H]2CCCN2C(=O)c2cnc3sc(C)cn3c2=O)cc1. The molecule has 6 nitrogen and oxygen atoms in total. The van der Waals surface area contributed by atoms with Gasteiger partial charge in [0.05, 0.1) is 12.6 Å². The number of ether oxygens (including phenoxy) is 1. The lowest BCUT2D eigenvalue weighted by Gasteiger charge is -2.25. The van der Waals surface area contributed by atoms with E-state index in [9.17, 15) is 9.59 Å². The minimum Gasteiger partial charge on any atom is -0.494 e. The van der Waals surface area contributed by atoms with Crippen molar-refractivity contribution in [2.45, 2.75) is 32.7 Å². The molecule has 3 aromatic rings. The second-order valence-corrected chi connectivity index (χ2v) is 7.84. The molecule has 27 heavy (non-hydrogen) atoms. The summed E-state index contributed by atoms with van der Waals surface area (Å²) in [5, 5.41) is 0. The minimum atomic E-state index is -0.299. The Hall–Kier alpha value is -2.67. The number of thiazole rings is 1. The van der Waals surface area contributed by atoms with Crippen LogP contribution in [0.15, 0.2) is 41.5 Å². The van der Waals surface area contributed by atoms with Gasteiger partial charge in [0.2, 0.25) is 0 Å². The van der Waals surface area contributed by atoms with Gasteiger partial charge in [-0.2, -0.15) is 0 Å². The summed E-state index contributed by atoms with van der Waals surface area (Å²) in [5.41, 5.74) is 0.889. The normalized spacial score (nSPS) is 16.8. The lowest BCUT2D eigenvalue weighted by molar-refractivity contribution is 0.0733. The average molecular weight is 383 g/mol. The summed E-state index contributed by atoms with van der Waals surface area (Å²) in [4.78, 5) is 33.6. The van der Waals surface area contributed by atoms with E-state index in [0.717, 1.165) is 29.0 Å². The van der Waals surface area contributed by atoms with Crippen LogP contribution in [0.4, 0.5) is 0 Å². The molecule has 0 aliphatic carbocycles. The fraction of sp³-hybridized carbons (Fsp3) is 0.350. The monoisotopic (exact) mass is 383 g/mol. The number of aryl methyl sites for hydroxylation is 1. The van der Waals surface area contributed by atoms with Gasteiger partial charge in [-0.1, -0.05) is 12.1 Å². The summed E-state index contributed by atoms with van der Waals surface area (Å²) in [6, 6.07) is 7.82. The van der Waals surface area contributed by atoms with E-state index in [1.54, 1.807) is 11.1 Å². The van der Waals surface area contributed by atoms with E-state index in [-0.39, 0.29) is 23.1 Å². The van der Waals surface area contributed by atoms with Crippen LogP contribution in [0.25, 0.3) is 4.96 Å². The van der Waals surface area contributed by atoms with Crippen molar-refractivity contribution in [2.24, 2.45) is 0 Å². The fourth-order valence-corrected chi connectivity index (χ4v) is 4.39. The number of fused-ring (bicyclic) bond motifs is 1. The smallest absolute Gasteiger partial charge is 0.271 e. The van der Waals surface area contributed by atoms with Gasteiger partial charge in [0.25, 0.3) is 11.5 Å². The Morgan fingerprint density at radius 3 is 2.85 bits per heavy atom. The maximum Gasteiger partial charge on any atom is 0.271 e. The maximum atomic E-state index is 13.1. The molecule has 1 amide bonds. The number of carbonyl (C=O) groups is 1. The molecular weight excluding hydrogens is 362 g/mol. The zero-order valence-corrected chi connectivity index (χ0v) is 16.2. The van der Waals surface area contributed by atoms with Crippen LogP contribution in [0.5, 0.6) is 5.75 Å². The van der Waals surface area contributed by atoms with E-state index in [4.69, 9.17) is 4.74 Å². The summed E-state index contributed by atoms with van der Waals surface area (Å²) in [6.45, 7) is 5.13. The van der Waals surface area contributed by atoms with Crippen molar-refractivity contribution in [2.75, 3.05) is 13.2 Å². The van der Waals surface area contributed by atoms with Crippen LogP contribution in [0.1, 0.15) is 46.6 Å². The molecule has 1 atom stereocenters. The number of rotatable bonds is 4. The van der Waals surface area contributed by atoms with E-state index in [1.165, 1.54) is 21.9 Å². The van der Waals surface area contributed by atoms with E-state index in [0.29, 0.717) is 18.1 Å². The molecule has 0 N–H and O–H groups in total. The molecule has 2 aromatic heterocycles. The van der Waals surface area contributed by atoms with Gasteiger partial charge in [-0.25, -0.2) is 4.98 Å². The first-order valence-electron chi connectivity index (χ1n) is 9.10. The van der Waals surface area contributed by atoms with Gasteiger partial charge in [-0.15, -0.1) is 11.3 Å². The Bertz CT molecular complexity index is 1040. The van der Waals surface area contributed by atoms with Gasteiger partial charge in [0, 0.05) is 23.8 Å². The predicted octanol–water partition coefficient (Wildman–Crippen LogP) is 3.44. The van der Waals surface area contributed by atoms with Gasteiger partial charge < -0.3 is 9.64 Å². The van der Waals surface area contributed by atoms with Crippen molar-refractivity contribution in [3.8, 4) is 5.75 Å². The number of benzene rings is 1. The third-order valence-corrected chi connectivity index (χ3v) is 5.75. The van der Waals surface area contributed by atoms with Crippen molar-refractivity contribution in [3.63, 3.8) is 0 Å². The van der Waals surface area contributed by atoms with Gasteiger partial charge >= 0.3 is 0 Å². The average Bonchev–Trinajstić information content (AvgIpc) is 3.29. The predicted molar refractivity (Wildman–Crippen MR) is 105 cm³/mol. The molecule has 0 radical (unpaired) electrons. The highest BCUT2D eigenvalue weighted by Gasteiger charge is 2.32. The quantitative estimate of drug-likeness (QED) is 0.692. The highest BCUT2D eigenvalue weighted by Crippen LogP contribution is 2.33. The zero-order valence-electron chi connectivity index (χ0n) is 15.3. The zero-order chi connectivity index (χ0) is 19.0. The van der Waals surface area contributed by atoms with Crippen LogP contribution >= 0.6 is 11.3 Å². The summed E-state index contributed by atoms with van der Waals surface area (Å²) in [7, 11) is 0. The van der Waals surface area contributed by atoms with Gasteiger partial charge in [-0.3, -0.25) is 14.0 Å². The van der Waals surface area contributed by atoms with Crippen LogP contribution in [-0.2, 0) is 0 Å². The Kier molecular flexibility index (Phi) is 4.70. The van der Waals surface area contributed by atoms with Gasteiger partial charge in [0.1, 0.15) is 11.3 Å². The summed E-state index contributed by atoms with van der Waals surface area (Å²) in [6.07, 6.45) is 4.95. The highest BCUT2D eigenvalue weighted by molar-refractivity contribution is 7.16. The van der Waals surface area contributed by atoms with Crippen molar-refractivity contribution in [3.05, 3.63) is 63.0 Å². The standard InChI is InChI=1S/C20H21N3O3S/c1-3-26-15-8-6-14(7-9-15)17-5-4-10-22(17)18(24)16-11-21-20-23(19(16)25)12-13(2)27-20/h6-9,11-12,17H,3-5,10H2,1-2H3/t17-/m0/s1. The molecular formula is C20H21N3O3S. The molecule has 0 spiro atoms. The Balaban J connectivity index is 1.64. The van der Waals surface area contributed by atoms with Gasteiger partial charge in [0.15, 0.2) is 4.96 Å². The number of aromatic nitrogens is 2. The largest absolute Gasteiger partial charge is 0.494 e. The number of likely N-dealkylation sites (tertiary alicyclic amines) is 1. The van der Waals surface area contributed by atoms with Crippen molar-refractivity contribution in [1.82, 2.24) is 14.3 Å². The number of hydrogen-bond donors (Lipinski definition) is 0. The molecule has 3 heterocycles. The van der Waals surface area contributed by atoms with Crippen LogP contribution < -0.4 is 10.3 Å². The molecule has 140 valence electrons.